The van der Waals surface area contributed by atoms with Gasteiger partial charge >= 0.3 is 0 Å². The van der Waals surface area contributed by atoms with E-state index in [0.717, 1.165) is 19.9 Å². The van der Waals surface area contributed by atoms with Gasteiger partial charge in [0.15, 0.2) is 0 Å². The van der Waals surface area contributed by atoms with Crippen molar-refractivity contribution >= 4 is 38.9 Å². The number of rotatable bonds is 2. The van der Waals surface area contributed by atoms with Crippen LogP contribution in [0, 0.1) is 6.92 Å². The van der Waals surface area contributed by atoms with Crippen LogP contribution in [0.5, 0.6) is 0 Å². The molecule has 2 aromatic rings. The van der Waals surface area contributed by atoms with Gasteiger partial charge in [0.05, 0.1) is 9.83 Å². The lowest BCUT2D eigenvalue weighted by Crippen LogP contribution is -2.12. The average molecular weight is 317 g/mol. The average Bonchev–Trinajstić information content (AvgIpc) is 2.58. The summed E-state index contributed by atoms with van der Waals surface area (Å²) in [6.45, 7) is 2.07. The predicted octanol–water partition coefficient (Wildman–Crippen LogP) is 4.52. The number of thiophene rings is 1. The molecule has 84 valence electrons. The van der Waals surface area contributed by atoms with Gasteiger partial charge in [-0.3, -0.25) is 0 Å². The Kier molecular flexibility index (Phi) is 3.70. The molecule has 0 bridgehead atoms. The van der Waals surface area contributed by atoms with Crippen molar-refractivity contribution < 1.29 is 0 Å². The van der Waals surface area contributed by atoms with Crippen LogP contribution in [0.4, 0.5) is 0 Å². The van der Waals surface area contributed by atoms with E-state index in [1.165, 1.54) is 4.88 Å². The summed E-state index contributed by atoms with van der Waals surface area (Å²) < 4.78 is 1.10. The number of benzene rings is 1. The Morgan fingerprint density at radius 3 is 2.56 bits per heavy atom. The summed E-state index contributed by atoms with van der Waals surface area (Å²) in [5, 5.41) is 0.719. The molecule has 1 unspecified atom stereocenters. The van der Waals surface area contributed by atoms with Crippen LogP contribution in [0.25, 0.3) is 0 Å². The second-order valence-corrected chi connectivity index (χ2v) is 6.60. The number of hydrogen-bond donors (Lipinski definition) is 1. The van der Waals surface area contributed by atoms with Crippen molar-refractivity contribution in [3.05, 3.63) is 55.1 Å². The molecule has 2 N–H and O–H groups in total. The lowest BCUT2D eigenvalue weighted by Gasteiger charge is -2.13. The first-order valence-electron chi connectivity index (χ1n) is 4.85. The van der Waals surface area contributed by atoms with Crippen molar-refractivity contribution in [3.8, 4) is 0 Å². The highest BCUT2D eigenvalue weighted by Gasteiger charge is 2.16. The molecule has 0 aliphatic carbocycles. The molecule has 0 amide bonds. The van der Waals surface area contributed by atoms with Gasteiger partial charge in [-0.05, 0) is 46.1 Å². The highest BCUT2D eigenvalue weighted by Crippen LogP contribution is 2.34. The summed E-state index contributed by atoms with van der Waals surface area (Å²) in [4.78, 5) is 1.22. The third-order valence-corrected chi connectivity index (χ3v) is 4.41. The Morgan fingerprint density at radius 1 is 1.31 bits per heavy atom. The summed E-state index contributed by atoms with van der Waals surface area (Å²) in [6, 6.07) is 9.61. The van der Waals surface area contributed by atoms with Crippen molar-refractivity contribution in [2.45, 2.75) is 13.0 Å². The fraction of sp³-hybridized carbons (Fsp3) is 0.167. The van der Waals surface area contributed by atoms with Crippen molar-refractivity contribution in [2.75, 3.05) is 0 Å². The van der Waals surface area contributed by atoms with Crippen LogP contribution in [-0.4, -0.2) is 0 Å². The Bertz CT molecular complexity index is 509. The summed E-state index contributed by atoms with van der Waals surface area (Å²) in [5.74, 6) is 0. The molecule has 2 rings (SSSR count). The Morgan fingerprint density at radius 2 is 2.00 bits per heavy atom. The predicted molar refractivity (Wildman–Crippen MR) is 74.2 cm³/mol. The van der Waals surface area contributed by atoms with Gasteiger partial charge in [0, 0.05) is 9.90 Å². The summed E-state index contributed by atoms with van der Waals surface area (Å²) >= 11 is 11.3. The Labute approximate surface area is 112 Å². The van der Waals surface area contributed by atoms with E-state index < -0.39 is 0 Å². The van der Waals surface area contributed by atoms with E-state index in [1.54, 1.807) is 11.3 Å². The van der Waals surface area contributed by atoms with Crippen molar-refractivity contribution in [2.24, 2.45) is 5.73 Å². The van der Waals surface area contributed by atoms with Crippen LogP contribution in [0.2, 0.25) is 5.02 Å². The monoisotopic (exact) mass is 315 g/mol. The summed E-state index contributed by atoms with van der Waals surface area (Å²) in [6.07, 6.45) is 0. The molecule has 1 atom stereocenters. The van der Waals surface area contributed by atoms with Gasteiger partial charge in [-0.25, -0.2) is 0 Å². The maximum atomic E-state index is 6.23. The highest BCUT2D eigenvalue weighted by atomic mass is 79.9. The Hall–Kier alpha value is -0.350. The molecule has 0 aliphatic heterocycles. The van der Waals surface area contributed by atoms with Gasteiger partial charge in [-0.15, -0.1) is 11.3 Å². The maximum Gasteiger partial charge on any atom is 0.0704 e. The third-order valence-electron chi connectivity index (χ3n) is 2.50. The van der Waals surface area contributed by atoms with Crippen LogP contribution in [-0.2, 0) is 0 Å². The zero-order valence-corrected chi connectivity index (χ0v) is 11.9. The van der Waals surface area contributed by atoms with Crippen molar-refractivity contribution in [1.82, 2.24) is 0 Å². The van der Waals surface area contributed by atoms with E-state index in [4.69, 9.17) is 17.3 Å². The molecule has 0 saturated heterocycles. The first-order valence-corrected chi connectivity index (χ1v) is 6.84. The van der Waals surface area contributed by atoms with Gasteiger partial charge in [-0.1, -0.05) is 29.8 Å². The summed E-state index contributed by atoms with van der Waals surface area (Å²) in [7, 11) is 0. The van der Waals surface area contributed by atoms with E-state index in [0.29, 0.717) is 0 Å². The van der Waals surface area contributed by atoms with Crippen LogP contribution in [0.1, 0.15) is 22.0 Å². The van der Waals surface area contributed by atoms with Gasteiger partial charge in [0.1, 0.15) is 0 Å². The molecule has 1 nitrogen and oxygen atoms in total. The smallest absolute Gasteiger partial charge is 0.0704 e. The van der Waals surface area contributed by atoms with E-state index >= 15 is 0 Å². The normalized spacial score (nSPS) is 12.8. The molecule has 0 fully saturated rings. The molecule has 16 heavy (non-hydrogen) atoms. The van der Waals surface area contributed by atoms with Gasteiger partial charge in [0.2, 0.25) is 0 Å². The standard InChI is InChI=1S/C12H11BrClNS/c1-7-9(6-11(13)16-7)12(15)8-4-2-3-5-10(8)14/h2-6,12H,15H2,1H3. The van der Waals surface area contributed by atoms with Crippen LogP contribution < -0.4 is 5.73 Å². The first-order chi connectivity index (χ1) is 7.59. The Balaban J connectivity index is 2.43. The largest absolute Gasteiger partial charge is 0.320 e. The number of halogens is 2. The maximum absolute atomic E-state index is 6.23. The molecule has 4 heteroatoms. The highest BCUT2D eigenvalue weighted by molar-refractivity contribution is 9.11. The SMILES string of the molecule is Cc1sc(Br)cc1C(N)c1ccccc1Cl. The molecule has 0 aliphatic rings. The molecule has 0 spiro atoms. The minimum absolute atomic E-state index is 0.156. The van der Waals surface area contributed by atoms with E-state index in [1.807, 2.05) is 24.3 Å². The quantitative estimate of drug-likeness (QED) is 0.866. The second-order valence-electron chi connectivity index (χ2n) is 3.56. The van der Waals surface area contributed by atoms with E-state index in [-0.39, 0.29) is 6.04 Å². The number of hydrogen-bond acceptors (Lipinski definition) is 2. The van der Waals surface area contributed by atoms with E-state index in [9.17, 15) is 0 Å². The van der Waals surface area contributed by atoms with E-state index in [2.05, 4.69) is 28.9 Å². The lowest BCUT2D eigenvalue weighted by molar-refractivity contribution is 0.869. The first kappa shape index (κ1) is 12.1. The van der Waals surface area contributed by atoms with Crippen LogP contribution in [0.15, 0.2) is 34.1 Å². The lowest BCUT2D eigenvalue weighted by atomic mass is 10.0. The van der Waals surface area contributed by atoms with Crippen LogP contribution >= 0.6 is 38.9 Å². The molecule has 0 radical (unpaired) electrons. The number of nitrogens with two attached hydrogens (primary N) is 1. The topological polar surface area (TPSA) is 26.0 Å². The molecule has 0 saturated carbocycles. The molecule has 1 aromatic heterocycles. The number of aryl methyl sites for hydroxylation is 1. The second kappa shape index (κ2) is 4.88. The third kappa shape index (κ3) is 2.33. The fourth-order valence-corrected chi connectivity index (χ4v) is 3.67. The summed E-state index contributed by atoms with van der Waals surface area (Å²) in [5.41, 5.74) is 8.33. The molecular formula is C12H11BrClNS. The van der Waals surface area contributed by atoms with Gasteiger partial charge in [-0.2, -0.15) is 0 Å². The zero-order valence-electron chi connectivity index (χ0n) is 8.71. The molecule has 1 heterocycles. The van der Waals surface area contributed by atoms with Gasteiger partial charge < -0.3 is 5.73 Å². The van der Waals surface area contributed by atoms with Crippen LogP contribution in [0.3, 0.4) is 0 Å². The van der Waals surface area contributed by atoms with Crippen molar-refractivity contribution in [1.29, 1.82) is 0 Å². The minimum atomic E-state index is -0.156. The van der Waals surface area contributed by atoms with Crippen molar-refractivity contribution in [3.63, 3.8) is 0 Å². The fourth-order valence-electron chi connectivity index (χ4n) is 1.66. The molecular weight excluding hydrogens is 306 g/mol. The molecule has 1 aromatic carbocycles. The van der Waals surface area contributed by atoms with Gasteiger partial charge in [0.25, 0.3) is 0 Å². The zero-order chi connectivity index (χ0) is 11.7. The minimum Gasteiger partial charge on any atom is -0.320 e.